The number of carbonyl (C=O) groups excluding carboxylic acids is 1. The summed E-state index contributed by atoms with van der Waals surface area (Å²) in [7, 11) is 1.75. The smallest absolute Gasteiger partial charge is 0.357 e. The standard InChI is InChI=1S/C19H20N6O/c1-3-25(13-9-5-4-6-10-13)18-21-17(20)22-19(23-18)14-11-7-8-12-15(14)24(2)16(19)26/h4-12H,3H2,1-2H3,(H3,20,21,22,23)/p+1/t19-/m0/s1. The van der Waals surface area contributed by atoms with Crippen LogP contribution in [0.1, 0.15) is 12.5 Å². The largest absolute Gasteiger partial charge is 0.360 e. The van der Waals surface area contributed by atoms with Crippen LogP contribution in [0.3, 0.4) is 0 Å². The summed E-state index contributed by atoms with van der Waals surface area (Å²) in [5.74, 6) is 0.668. The first kappa shape index (κ1) is 16.1. The third kappa shape index (κ3) is 2.24. The van der Waals surface area contributed by atoms with Crippen molar-refractivity contribution in [2.24, 2.45) is 10.7 Å². The average Bonchev–Trinajstić information content (AvgIpc) is 2.85. The summed E-state index contributed by atoms with van der Waals surface area (Å²) in [5.41, 5.74) is 7.45. The first-order chi connectivity index (χ1) is 12.6. The number of benzene rings is 2. The predicted molar refractivity (Wildman–Crippen MR) is 101 cm³/mol. The van der Waals surface area contributed by atoms with Crippen LogP contribution in [-0.2, 0) is 10.5 Å². The van der Waals surface area contributed by atoms with Crippen molar-refractivity contribution in [1.29, 1.82) is 0 Å². The number of amides is 1. The van der Waals surface area contributed by atoms with E-state index in [2.05, 4.69) is 15.6 Å². The Bertz CT molecular complexity index is 936. The van der Waals surface area contributed by atoms with Crippen LogP contribution < -0.4 is 21.3 Å². The molecule has 0 saturated heterocycles. The zero-order valence-corrected chi connectivity index (χ0v) is 14.7. The summed E-state index contributed by atoms with van der Waals surface area (Å²) in [6.45, 7) is 2.73. The van der Waals surface area contributed by atoms with Crippen molar-refractivity contribution in [3.8, 4) is 0 Å². The first-order valence-corrected chi connectivity index (χ1v) is 8.54. The topological polar surface area (TPSA) is 85.8 Å². The van der Waals surface area contributed by atoms with E-state index in [1.54, 1.807) is 11.9 Å². The van der Waals surface area contributed by atoms with Crippen LogP contribution in [-0.4, -0.2) is 36.0 Å². The second-order valence-corrected chi connectivity index (χ2v) is 6.27. The highest BCUT2D eigenvalue weighted by Crippen LogP contribution is 2.40. The van der Waals surface area contributed by atoms with E-state index in [4.69, 9.17) is 5.73 Å². The van der Waals surface area contributed by atoms with Crippen LogP contribution in [0.5, 0.6) is 0 Å². The van der Waals surface area contributed by atoms with Gasteiger partial charge in [-0.3, -0.25) is 4.79 Å². The van der Waals surface area contributed by atoms with Gasteiger partial charge in [-0.05, 0) is 25.1 Å². The molecule has 0 radical (unpaired) electrons. The minimum Gasteiger partial charge on any atom is -0.357 e. The predicted octanol–water partition coefficient (Wildman–Crippen LogP) is 1.04. The molecule has 132 valence electrons. The second kappa shape index (κ2) is 5.87. The summed E-state index contributed by atoms with van der Waals surface area (Å²) in [6, 6.07) is 17.5. The lowest BCUT2D eigenvalue weighted by Crippen LogP contribution is -2.64. The molecule has 7 nitrogen and oxygen atoms in total. The normalized spacial score (nSPS) is 23.2. The molecule has 0 bridgehead atoms. The van der Waals surface area contributed by atoms with Crippen molar-refractivity contribution in [3.63, 3.8) is 0 Å². The maximum Gasteiger partial charge on any atom is 0.360 e. The van der Waals surface area contributed by atoms with E-state index in [0.29, 0.717) is 12.5 Å². The number of nitrogens with one attached hydrogen (secondary N) is 2. The van der Waals surface area contributed by atoms with Gasteiger partial charge in [0.25, 0.3) is 17.5 Å². The van der Waals surface area contributed by atoms with Gasteiger partial charge in [-0.1, -0.05) is 36.4 Å². The Morgan fingerprint density at radius 1 is 1.15 bits per heavy atom. The van der Waals surface area contributed by atoms with Crippen LogP contribution in [0.2, 0.25) is 0 Å². The molecule has 0 fully saturated rings. The molecule has 0 aliphatic carbocycles. The molecule has 1 amide bonds. The van der Waals surface area contributed by atoms with Gasteiger partial charge >= 0.3 is 5.96 Å². The van der Waals surface area contributed by atoms with E-state index >= 15 is 0 Å². The van der Waals surface area contributed by atoms with E-state index in [-0.39, 0.29) is 11.9 Å². The van der Waals surface area contributed by atoms with Crippen molar-refractivity contribution >= 4 is 29.2 Å². The molecule has 1 atom stereocenters. The molecular formula is C19H21N6O+. The van der Waals surface area contributed by atoms with Crippen molar-refractivity contribution < 1.29 is 9.37 Å². The third-order valence-corrected chi connectivity index (χ3v) is 4.76. The van der Waals surface area contributed by atoms with Gasteiger partial charge in [0.2, 0.25) is 0 Å². The molecule has 26 heavy (non-hydrogen) atoms. The maximum absolute atomic E-state index is 13.1. The van der Waals surface area contributed by atoms with Gasteiger partial charge < -0.3 is 10.6 Å². The van der Waals surface area contributed by atoms with Gasteiger partial charge in [0, 0.05) is 12.6 Å². The Hall–Kier alpha value is -3.35. The highest BCUT2D eigenvalue weighted by molar-refractivity contribution is 6.12. The van der Waals surface area contributed by atoms with Crippen LogP contribution in [0, 0.1) is 0 Å². The van der Waals surface area contributed by atoms with Gasteiger partial charge in [-0.2, -0.15) is 4.99 Å². The summed E-state index contributed by atoms with van der Waals surface area (Å²) < 4.78 is 2.03. The molecule has 1 spiro atoms. The molecule has 2 aliphatic rings. The van der Waals surface area contributed by atoms with E-state index in [1.807, 2.05) is 66.1 Å². The van der Waals surface area contributed by atoms with E-state index in [1.165, 1.54) is 0 Å². The first-order valence-electron chi connectivity index (χ1n) is 8.54. The summed E-state index contributed by atoms with van der Waals surface area (Å²) in [5, 5.41) is 6.39. The summed E-state index contributed by atoms with van der Waals surface area (Å²) in [4.78, 5) is 19.2. The SMILES string of the molecule is CC[N+](=C1NC(N)=N[C@@]2(N1)C(=O)N(C)c1ccccc12)c1ccccc1. The fourth-order valence-corrected chi connectivity index (χ4v) is 3.54. The number of para-hydroxylation sites is 2. The molecule has 2 heterocycles. The van der Waals surface area contributed by atoms with E-state index in [0.717, 1.165) is 16.9 Å². The lowest BCUT2D eigenvalue weighted by molar-refractivity contribution is -0.441. The van der Waals surface area contributed by atoms with Crippen LogP contribution in [0.25, 0.3) is 0 Å². The number of guanidine groups is 2. The molecule has 4 rings (SSSR count). The number of aliphatic imine (C=N–C) groups is 1. The van der Waals surface area contributed by atoms with Gasteiger partial charge in [-0.15, -0.1) is 0 Å². The number of rotatable bonds is 2. The summed E-state index contributed by atoms with van der Waals surface area (Å²) in [6.07, 6.45) is 0. The Balaban J connectivity index is 1.89. The Morgan fingerprint density at radius 2 is 1.85 bits per heavy atom. The number of hydrogen-bond donors (Lipinski definition) is 3. The number of anilines is 1. The van der Waals surface area contributed by atoms with Crippen molar-refractivity contribution in [3.05, 3.63) is 60.2 Å². The number of fused-ring (bicyclic) bond motifs is 2. The average molecular weight is 349 g/mol. The molecule has 0 aromatic heterocycles. The zero-order chi connectivity index (χ0) is 18.3. The third-order valence-electron chi connectivity index (χ3n) is 4.76. The minimum absolute atomic E-state index is 0.162. The highest BCUT2D eigenvalue weighted by atomic mass is 16.2. The van der Waals surface area contributed by atoms with Gasteiger partial charge in [-0.25, -0.2) is 15.2 Å². The Labute approximate surface area is 151 Å². The monoisotopic (exact) mass is 349 g/mol. The van der Waals surface area contributed by atoms with Crippen LogP contribution >= 0.6 is 0 Å². The van der Waals surface area contributed by atoms with Gasteiger partial charge in [0.1, 0.15) is 5.69 Å². The molecular weight excluding hydrogens is 328 g/mol. The molecule has 0 saturated carbocycles. The number of likely N-dealkylation sites (N-methyl/N-ethyl adjacent to an activating group) is 1. The molecule has 2 aliphatic heterocycles. The Kier molecular flexibility index (Phi) is 3.64. The van der Waals surface area contributed by atoms with Gasteiger partial charge in [0.15, 0.2) is 0 Å². The van der Waals surface area contributed by atoms with Gasteiger partial charge in [0.05, 0.1) is 12.2 Å². The lowest BCUT2D eigenvalue weighted by Gasteiger charge is -2.28. The molecule has 2 aromatic rings. The Morgan fingerprint density at radius 3 is 2.58 bits per heavy atom. The quantitative estimate of drug-likeness (QED) is 0.707. The minimum atomic E-state index is -1.25. The number of carbonyl (C=O) groups is 1. The molecule has 2 aromatic carbocycles. The van der Waals surface area contributed by atoms with Crippen LogP contribution in [0.4, 0.5) is 11.4 Å². The van der Waals surface area contributed by atoms with Crippen molar-refractivity contribution in [2.75, 3.05) is 18.5 Å². The molecule has 7 heteroatoms. The van der Waals surface area contributed by atoms with E-state index < -0.39 is 5.66 Å². The zero-order valence-electron chi connectivity index (χ0n) is 14.7. The number of nitrogens with zero attached hydrogens (tertiary/aromatic N) is 3. The lowest BCUT2D eigenvalue weighted by atomic mass is 10.0. The fraction of sp³-hybridized carbons (Fsp3) is 0.211. The molecule has 4 N–H and O–H groups in total. The summed E-state index contributed by atoms with van der Waals surface area (Å²) >= 11 is 0. The van der Waals surface area contributed by atoms with Crippen LogP contribution in [0.15, 0.2) is 59.6 Å². The van der Waals surface area contributed by atoms with Crippen molar-refractivity contribution in [1.82, 2.24) is 10.6 Å². The highest BCUT2D eigenvalue weighted by Gasteiger charge is 2.56. The van der Waals surface area contributed by atoms with Crippen molar-refractivity contribution in [2.45, 2.75) is 12.6 Å². The number of nitrogens with two attached hydrogens (primary N) is 1. The van der Waals surface area contributed by atoms with E-state index in [9.17, 15) is 4.79 Å². The fourth-order valence-electron chi connectivity index (χ4n) is 3.54. The maximum atomic E-state index is 13.1. The molecule has 0 unspecified atom stereocenters. The number of hydrogen-bond acceptors (Lipinski definition) is 3. The second-order valence-electron chi connectivity index (χ2n) is 6.27.